The predicted molar refractivity (Wildman–Crippen MR) is 362 cm³/mol. The molecule has 0 aliphatic heterocycles. The monoisotopic (exact) mass is 1090 g/mol. The van der Waals surface area contributed by atoms with Crippen molar-refractivity contribution in [2.24, 2.45) is 0 Å². The van der Waals surface area contributed by atoms with Crippen LogP contribution in [-0.4, -0.2) is 18.3 Å². The number of hydrogen-bond acceptors (Lipinski definition) is 0. The van der Waals surface area contributed by atoms with Crippen LogP contribution in [0.5, 0.6) is 0 Å². The van der Waals surface area contributed by atoms with Crippen LogP contribution in [0.15, 0.2) is 267 Å². The van der Waals surface area contributed by atoms with Gasteiger partial charge in [-0.3, -0.25) is 0 Å². The van der Waals surface area contributed by atoms with Gasteiger partial charge in [0.1, 0.15) is 0 Å². The molecule has 4 heteroatoms. The van der Waals surface area contributed by atoms with E-state index in [-0.39, 0.29) is 0 Å². The largest absolute Gasteiger partial charge is 0.309 e. The highest BCUT2D eigenvalue weighted by Crippen LogP contribution is 2.42. The van der Waals surface area contributed by atoms with Gasteiger partial charge in [0, 0.05) is 88.1 Å². The topological polar surface area (TPSA) is 19.7 Å². The van der Waals surface area contributed by atoms with Gasteiger partial charge >= 0.3 is 0 Å². The molecule has 0 N–H and O–H groups in total. The third kappa shape index (κ3) is 7.21. The number of aromatic nitrogens is 4. The zero-order valence-electron chi connectivity index (χ0n) is 47.2. The second kappa shape index (κ2) is 18.5. The second-order valence-corrected chi connectivity index (χ2v) is 23.1. The maximum absolute atomic E-state index is 3.68. The first-order valence-electron chi connectivity index (χ1n) is 29.5. The highest BCUT2D eigenvalue weighted by molar-refractivity contribution is 6.25. The fourth-order valence-corrected chi connectivity index (χ4v) is 14.1. The number of hydrogen-bond donors (Lipinski definition) is 0. The lowest BCUT2D eigenvalue weighted by atomic mass is 9.90. The Morgan fingerprint density at radius 3 is 0.907 bits per heavy atom. The van der Waals surface area contributed by atoms with Crippen molar-refractivity contribution < 1.29 is 0 Å². The summed E-state index contributed by atoms with van der Waals surface area (Å²) in [5.74, 6) is 14.7. The van der Waals surface area contributed by atoms with E-state index in [0.29, 0.717) is 0 Å². The highest BCUT2D eigenvalue weighted by Gasteiger charge is 2.20. The number of rotatable bonds is 4. The van der Waals surface area contributed by atoms with Crippen molar-refractivity contribution in [2.45, 2.75) is 13.8 Å². The molecule has 0 saturated carbocycles. The van der Waals surface area contributed by atoms with E-state index in [1.165, 1.54) is 87.1 Å². The first-order chi connectivity index (χ1) is 42.5. The van der Waals surface area contributed by atoms with Crippen molar-refractivity contribution >= 4 is 120 Å². The van der Waals surface area contributed by atoms with Crippen molar-refractivity contribution in [3.8, 4) is 46.4 Å². The van der Waals surface area contributed by atoms with Gasteiger partial charge in [-0.1, -0.05) is 168 Å². The highest BCUT2D eigenvalue weighted by atomic mass is 15.0. The van der Waals surface area contributed by atoms with Gasteiger partial charge in [-0.25, -0.2) is 0 Å². The number of benzene rings is 14. The van der Waals surface area contributed by atoms with E-state index in [4.69, 9.17) is 0 Å². The molecule has 18 rings (SSSR count). The maximum atomic E-state index is 3.68. The number of nitrogens with zero attached hydrogens (tertiary/aromatic N) is 4. The molecule has 0 saturated heterocycles. The molecule has 0 aliphatic rings. The second-order valence-electron chi connectivity index (χ2n) is 23.1. The van der Waals surface area contributed by atoms with Gasteiger partial charge in [0.2, 0.25) is 0 Å². The Morgan fingerprint density at radius 2 is 0.523 bits per heavy atom. The molecule has 14 aromatic carbocycles. The predicted octanol–water partition coefficient (Wildman–Crippen LogP) is 20.4. The van der Waals surface area contributed by atoms with Crippen LogP contribution in [0, 0.1) is 37.5 Å². The lowest BCUT2D eigenvalue weighted by molar-refractivity contribution is 1.16. The lowest BCUT2D eigenvalue weighted by Crippen LogP contribution is -1.95. The molecule has 4 heterocycles. The van der Waals surface area contributed by atoms with Crippen molar-refractivity contribution in [1.29, 1.82) is 0 Å². The first kappa shape index (κ1) is 48.0. The van der Waals surface area contributed by atoms with Crippen molar-refractivity contribution in [1.82, 2.24) is 18.3 Å². The van der Waals surface area contributed by atoms with Gasteiger partial charge in [0.25, 0.3) is 0 Å². The molecule has 4 nitrogen and oxygen atoms in total. The van der Waals surface area contributed by atoms with Crippen LogP contribution < -0.4 is 0 Å². The molecule has 0 atom stereocenters. The zero-order chi connectivity index (χ0) is 56.7. The van der Waals surface area contributed by atoms with Gasteiger partial charge in [0.05, 0.1) is 44.1 Å². The minimum atomic E-state index is 0.965. The summed E-state index contributed by atoms with van der Waals surface area (Å²) in [7, 11) is 0. The molecule has 0 spiro atoms. The summed E-state index contributed by atoms with van der Waals surface area (Å²) in [5, 5.41) is 16.8. The van der Waals surface area contributed by atoms with Crippen molar-refractivity contribution in [2.75, 3.05) is 0 Å². The third-order valence-electron chi connectivity index (χ3n) is 18.1. The smallest absolute Gasteiger partial charge is 0.0542 e. The fraction of sp³-hybridized carbons (Fsp3) is 0.0244. The van der Waals surface area contributed by atoms with Crippen LogP contribution in [0.2, 0.25) is 0 Å². The van der Waals surface area contributed by atoms with Gasteiger partial charge in [-0.2, -0.15) is 0 Å². The minimum Gasteiger partial charge on any atom is -0.309 e. The average molecular weight is 1090 g/mol. The summed E-state index contributed by atoms with van der Waals surface area (Å²) in [6, 6.07) is 97.7. The van der Waals surface area contributed by atoms with E-state index < -0.39 is 0 Å². The Hall–Kier alpha value is -11.6. The molecule has 398 valence electrons. The molecule has 4 aromatic heterocycles. The summed E-state index contributed by atoms with van der Waals surface area (Å²) in [6.45, 7) is 4.29. The third-order valence-corrected chi connectivity index (χ3v) is 18.1. The first-order valence-corrected chi connectivity index (χ1v) is 29.5. The van der Waals surface area contributed by atoms with E-state index in [1.54, 1.807) is 0 Å². The van der Waals surface area contributed by atoms with Crippen molar-refractivity contribution in [3.63, 3.8) is 0 Å². The van der Waals surface area contributed by atoms with E-state index >= 15 is 0 Å². The molecule has 0 amide bonds. The molecule has 0 bridgehead atoms. The van der Waals surface area contributed by atoms with Crippen LogP contribution in [0.3, 0.4) is 0 Å². The normalized spacial score (nSPS) is 11.9. The summed E-state index contributed by atoms with van der Waals surface area (Å²) < 4.78 is 9.60. The molecule has 0 radical (unpaired) electrons. The molecule has 86 heavy (non-hydrogen) atoms. The Morgan fingerprint density at radius 1 is 0.221 bits per heavy atom. The summed E-state index contributed by atoms with van der Waals surface area (Å²) >= 11 is 0. The van der Waals surface area contributed by atoms with Crippen LogP contribution in [0.1, 0.15) is 33.4 Å². The Labute approximate surface area is 495 Å². The molecular formula is C82H50N4. The summed E-state index contributed by atoms with van der Waals surface area (Å²) in [5.41, 5.74) is 20.3. The van der Waals surface area contributed by atoms with Gasteiger partial charge in [0.15, 0.2) is 0 Å². The number of fused-ring (bicyclic) bond motifs is 12. The van der Waals surface area contributed by atoms with Crippen LogP contribution in [-0.2, 0) is 0 Å². The van der Waals surface area contributed by atoms with Gasteiger partial charge in [-0.15, -0.1) is 0 Å². The van der Waals surface area contributed by atoms with E-state index in [9.17, 15) is 0 Å². The number of aryl methyl sites for hydroxylation is 2. The lowest BCUT2D eigenvalue weighted by Gasteiger charge is -2.13. The van der Waals surface area contributed by atoms with Gasteiger partial charge < -0.3 is 18.3 Å². The SMILES string of the molecule is Cc1ccc(-n2c3ccc(C#Cc4ccc5ccc6c(C#Cc7ccc8c(c7)c7cc(-n9c%10ccccc%10c%10ccccc%109)ccc7n8-c7ccc(C)cc7)ccc7ccc4c5c76)cc3c3cc(-n4c5ccccc5c5ccccc54)ccc32)cc1. The minimum absolute atomic E-state index is 0.965. The number of para-hydroxylation sites is 4. The molecule has 0 aliphatic carbocycles. The molecule has 0 unspecified atom stereocenters. The quantitative estimate of drug-likeness (QED) is 0.124. The average Bonchev–Trinajstić information content (AvgIpc) is 1.51. The summed E-state index contributed by atoms with van der Waals surface area (Å²) in [4.78, 5) is 0. The van der Waals surface area contributed by atoms with Crippen LogP contribution >= 0.6 is 0 Å². The molecule has 0 fully saturated rings. The van der Waals surface area contributed by atoms with Crippen molar-refractivity contribution in [3.05, 3.63) is 300 Å². The van der Waals surface area contributed by atoms with Crippen LogP contribution in [0.4, 0.5) is 0 Å². The van der Waals surface area contributed by atoms with E-state index in [2.05, 4.69) is 323 Å². The Balaban J connectivity index is 0.744. The van der Waals surface area contributed by atoms with Gasteiger partial charge in [-0.05, 0) is 180 Å². The molecular weight excluding hydrogens is 1040 g/mol. The zero-order valence-corrected chi connectivity index (χ0v) is 47.2. The van der Waals surface area contributed by atoms with E-state index in [1.807, 2.05) is 0 Å². The standard InChI is InChI=1S/C82H50N4/c1-51-19-35-59(36-20-51)83-77-43-25-53(47-69(77)71-49-61(39-45-79(71)83)85-73-15-7-3-11-65(73)66-12-4-8-16-74(66)85)23-27-55-29-31-57-34-42-64-56(30-32-58-33-41-63(55)81(57)82(58)64)28-24-54-26-44-78-70(48-54)72-50-62(40-46-80(72)84(78)60-37-21-52(2)22-38-60)86-75-17-9-5-13-67(75)68-14-6-10-18-76(68)86/h3-22,25-26,29-50H,1-2H3. The Bertz CT molecular complexity index is 5550. The maximum Gasteiger partial charge on any atom is 0.0542 e. The van der Waals surface area contributed by atoms with Crippen LogP contribution in [0.25, 0.3) is 142 Å². The molecule has 18 aromatic rings. The summed E-state index contributed by atoms with van der Waals surface area (Å²) in [6.07, 6.45) is 0. The fourth-order valence-electron chi connectivity index (χ4n) is 14.1. The Kier molecular flexibility index (Phi) is 10.3. The van der Waals surface area contributed by atoms with E-state index in [0.717, 1.165) is 88.6 Å².